The van der Waals surface area contributed by atoms with Crippen molar-refractivity contribution in [2.75, 3.05) is 5.32 Å². The zero-order valence-electron chi connectivity index (χ0n) is 14.5. The SMILES string of the molecule is O=C(Nc1nc2ccc(C(F)(F)F)cn2c1-c1ccccc1)C1CCCC1. The smallest absolute Gasteiger partial charge is 0.309 e. The number of halogens is 3. The Morgan fingerprint density at radius 1 is 1.07 bits per heavy atom. The summed E-state index contributed by atoms with van der Waals surface area (Å²) in [5, 5.41) is 2.85. The predicted molar refractivity (Wildman–Crippen MR) is 96.2 cm³/mol. The third-order valence-electron chi connectivity index (χ3n) is 4.96. The van der Waals surface area contributed by atoms with Gasteiger partial charge in [-0.3, -0.25) is 9.20 Å². The van der Waals surface area contributed by atoms with Crippen LogP contribution in [0.25, 0.3) is 16.9 Å². The summed E-state index contributed by atoms with van der Waals surface area (Å²) in [5.41, 5.74) is 0.718. The van der Waals surface area contributed by atoms with Crippen molar-refractivity contribution in [1.82, 2.24) is 9.38 Å². The van der Waals surface area contributed by atoms with Crippen molar-refractivity contribution >= 4 is 17.4 Å². The van der Waals surface area contributed by atoms with Gasteiger partial charge in [0.1, 0.15) is 5.65 Å². The van der Waals surface area contributed by atoms with E-state index in [1.807, 2.05) is 6.07 Å². The number of anilines is 1. The average Bonchev–Trinajstić information content (AvgIpc) is 3.29. The second-order valence-electron chi connectivity index (χ2n) is 6.79. The van der Waals surface area contributed by atoms with Crippen LogP contribution in [-0.2, 0) is 11.0 Å². The number of amides is 1. The normalized spacial score (nSPS) is 15.4. The van der Waals surface area contributed by atoms with Crippen LogP contribution in [0.1, 0.15) is 31.2 Å². The van der Waals surface area contributed by atoms with E-state index in [0.717, 1.165) is 37.9 Å². The van der Waals surface area contributed by atoms with E-state index in [0.29, 0.717) is 16.9 Å². The molecule has 0 radical (unpaired) electrons. The monoisotopic (exact) mass is 373 g/mol. The van der Waals surface area contributed by atoms with Gasteiger partial charge in [0.15, 0.2) is 5.82 Å². The van der Waals surface area contributed by atoms with Crippen LogP contribution in [0.4, 0.5) is 19.0 Å². The van der Waals surface area contributed by atoms with E-state index >= 15 is 0 Å². The van der Waals surface area contributed by atoms with Gasteiger partial charge in [-0.15, -0.1) is 0 Å². The maximum atomic E-state index is 13.2. The van der Waals surface area contributed by atoms with Gasteiger partial charge in [-0.2, -0.15) is 13.2 Å². The summed E-state index contributed by atoms with van der Waals surface area (Å²) in [4.78, 5) is 16.9. The highest BCUT2D eigenvalue weighted by Gasteiger charge is 2.32. The van der Waals surface area contributed by atoms with E-state index in [1.165, 1.54) is 10.5 Å². The molecule has 1 aliphatic carbocycles. The van der Waals surface area contributed by atoms with Crippen LogP contribution < -0.4 is 5.32 Å². The quantitative estimate of drug-likeness (QED) is 0.690. The van der Waals surface area contributed by atoms with Gasteiger partial charge >= 0.3 is 6.18 Å². The van der Waals surface area contributed by atoms with Crippen molar-refractivity contribution in [2.45, 2.75) is 31.9 Å². The molecule has 0 unspecified atom stereocenters. The second-order valence-corrected chi connectivity index (χ2v) is 6.79. The first-order valence-electron chi connectivity index (χ1n) is 8.89. The molecule has 1 saturated carbocycles. The minimum atomic E-state index is -4.46. The molecule has 1 N–H and O–H groups in total. The highest BCUT2D eigenvalue weighted by Crippen LogP contribution is 2.34. The van der Waals surface area contributed by atoms with Crippen LogP contribution in [0.5, 0.6) is 0 Å². The van der Waals surface area contributed by atoms with Gasteiger partial charge in [-0.1, -0.05) is 43.2 Å². The van der Waals surface area contributed by atoms with Gasteiger partial charge in [0, 0.05) is 17.7 Å². The first-order valence-corrected chi connectivity index (χ1v) is 8.89. The molecule has 0 atom stereocenters. The molecule has 4 nitrogen and oxygen atoms in total. The molecule has 4 rings (SSSR count). The minimum Gasteiger partial charge on any atom is -0.309 e. The predicted octanol–water partition coefficient (Wildman–Crippen LogP) is 5.15. The molecule has 3 aromatic rings. The van der Waals surface area contributed by atoms with Crippen molar-refractivity contribution in [3.63, 3.8) is 0 Å². The molecule has 1 fully saturated rings. The van der Waals surface area contributed by atoms with Gasteiger partial charge in [-0.25, -0.2) is 4.98 Å². The number of benzene rings is 1. The fourth-order valence-electron chi connectivity index (χ4n) is 3.58. The van der Waals surface area contributed by atoms with Gasteiger partial charge in [0.2, 0.25) is 5.91 Å². The van der Waals surface area contributed by atoms with Crippen molar-refractivity contribution in [1.29, 1.82) is 0 Å². The Balaban J connectivity index is 1.83. The number of carbonyl (C=O) groups excluding carboxylic acids is 1. The number of pyridine rings is 1. The topological polar surface area (TPSA) is 46.4 Å². The maximum Gasteiger partial charge on any atom is 0.417 e. The average molecular weight is 373 g/mol. The van der Waals surface area contributed by atoms with E-state index in [4.69, 9.17) is 0 Å². The molecule has 0 bridgehead atoms. The molecular formula is C20H18F3N3O. The molecule has 0 spiro atoms. The fourth-order valence-corrected chi connectivity index (χ4v) is 3.58. The van der Waals surface area contributed by atoms with Crippen LogP contribution in [0, 0.1) is 5.92 Å². The van der Waals surface area contributed by atoms with Gasteiger partial charge in [-0.05, 0) is 25.0 Å². The first-order chi connectivity index (χ1) is 12.9. The summed E-state index contributed by atoms with van der Waals surface area (Å²) in [5.74, 6) is 0.103. The molecule has 0 saturated heterocycles. The molecular weight excluding hydrogens is 355 g/mol. The summed E-state index contributed by atoms with van der Waals surface area (Å²) in [6.45, 7) is 0. The Labute approximate surface area is 154 Å². The Morgan fingerprint density at radius 3 is 2.44 bits per heavy atom. The lowest BCUT2D eigenvalue weighted by Crippen LogP contribution is -2.20. The number of hydrogen-bond donors (Lipinski definition) is 1. The lowest BCUT2D eigenvalue weighted by Gasteiger charge is -2.11. The molecule has 1 aromatic carbocycles. The summed E-state index contributed by atoms with van der Waals surface area (Å²) in [6.07, 6.45) is 0.263. The lowest BCUT2D eigenvalue weighted by molar-refractivity contribution is -0.137. The Morgan fingerprint density at radius 2 is 1.78 bits per heavy atom. The van der Waals surface area contributed by atoms with Gasteiger partial charge < -0.3 is 5.32 Å². The van der Waals surface area contributed by atoms with E-state index in [1.54, 1.807) is 24.3 Å². The number of fused-ring (bicyclic) bond motifs is 1. The number of aromatic nitrogens is 2. The molecule has 1 aliphatic rings. The standard InChI is InChI=1S/C20H18F3N3O/c21-20(22,23)15-10-11-16-24-18(25-19(27)14-8-4-5-9-14)17(26(16)12-15)13-6-2-1-3-7-13/h1-3,6-7,10-12,14H,4-5,8-9H2,(H,25,27). The number of hydrogen-bond acceptors (Lipinski definition) is 2. The number of nitrogens with zero attached hydrogens (tertiary/aromatic N) is 2. The lowest BCUT2D eigenvalue weighted by atomic mass is 10.1. The zero-order chi connectivity index (χ0) is 19.0. The molecule has 2 heterocycles. The van der Waals surface area contributed by atoms with Crippen LogP contribution in [0.15, 0.2) is 48.7 Å². The minimum absolute atomic E-state index is 0.0656. The Kier molecular flexibility index (Phi) is 4.37. The van der Waals surface area contributed by atoms with Crippen molar-refractivity contribution in [3.05, 3.63) is 54.2 Å². The molecule has 2 aromatic heterocycles. The number of alkyl halides is 3. The highest BCUT2D eigenvalue weighted by molar-refractivity contribution is 5.96. The van der Waals surface area contributed by atoms with Crippen molar-refractivity contribution < 1.29 is 18.0 Å². The molecule has 1 amide bonds. The third kappa shape index (κ3) is 3.41. The molecule has 7 heteroatoms. The molecule has 27 heavy (non-hydrogen) atoms. The molecule has 140 valence electrons. The van der Waals surface area contributed by atoms with E-state index < -0.39 is 11.7 Å². The second kappa shape index (κ2) is 6.72. The number of rotatable bonds is 3. The summed E-state index contributed by atoms with van der Waals surface area (Å²) in [7, 11) is 0. The Bertz CT molecular complexity index is 973. The number of imidazole rings is 1. The van der Waals surface area contributed by atoms with Crippen molar-refractivity contribution in [2.24, 2.45) is 5.92 Å². The summed E-state index contributed by atoms with van der Waals surface area (Å²) < 4.78 is 40.9. The zero-order valence-corrected chi connectivity index (χ0v) is 14.5. The van der Waals surface area contributed by atoms with E-state index in [9.17, 15) is 18.0 Å². The van der Waals surface area contributed by atoms with Crippen LogP contribution in [-0.4, -0.2) is 15.3 Å². The van der Waals surface area contributed by atoms with E-state index in [-0.39, 0.29) is 17.6 Å². The third-order valence-corrected chi connectivity index (χ3v) is 4.96. The van der Waals surface area contributed by atoms with Gasteiger partial charge in [0.25, 0.3) is 0 Å². The maximum absolute atomic E-state index is 13.2. The summed E-state index contributed by atoms with van der Waals surface area (Å²) >= 11 is 0. The van der Waals surface area contributed by atoms with Gasteiger partial charge in [0.05, 0.1) is 11.3 Å². The van der Waals surface area contributed by atoms with E-state index in [2.05, 4.69) is 10.3 Å². The van der Waals surface area contributed by atoms with Crippen LogP contribution in [0.3, 0.4) is 0 Å². The van der Waals surface area contributed by atoms with Crippen molar-refractivity contribution in [3.8, 4) is 11.3 Å². The highest BCUT2D eigenvalue weighted by atomic mass is 19.4. The van der Waals surface area contributed by atoms with Crippen LogP contribution in [0.2, 0.25) is 0 Å². The number of nitrogens with one attached hydrogen (secondary N) is 1. The Hall–Kier alpha value is -2.83. The largest absolute Gasteiger partial charge is 0.417 e. The summed E-state index contributed by atoms with van der Waals surface area (Å²) in [6, 6.07) is 11.3. The molecule has 0 aliphatic heterocycles. The number of carbonyl (C=O) groups is 1. The first kappa shape index (κ1) is 17.6. The van der Waals surface area contributed by atoms with Crippen LogP contribution >= 0.6 is 0 Å². The fraction of sp³-hybridized carbons (Fsp3) is 0.300.